The van der Waals surface area contributed by atoms with E-state index in [4.69, 9.17) is 0 Å². The van der Waals surface area contributed by atoms with Crippen LogP contribution in [0.4, 0.5) is 4.39 Å². The molecule has 1 aromatic carbocycles. The predicted octanol–water partition coefficient (Wildman–Crippen LogP) is 3.48. The molecule has 3 aromatic rings. The monoisotopic (exact) mass is 348 g/mol. The highest BCUT2D eigenvalue weighted by Gasteiger charge is 2.13. The lowest BCUT2D eigenvalue weighted by atomic mass is 10.2. The van der Waals surface area contributed by atoms with Crippen LogP contribution in [0.25, 0.3) is 5.65 Å². The van der Waals surface area contributed by atoms with Gasteiger partial charge in [0.2, 0.25) is 0 Å². The van der Waals surface area contributed by atoms with Gasteiger partial charge in [0.05, 0.1) is 6.04 Å². The van der Waals surface area contributed by atoms with E-state index in [0.717, 1.165) is 15.9 Å². The molecule has 2 aromatic heterocycles. The molecule has 0 bridgehead atoms. The highest BCUT2D eigenvalue weighted by Crippen LogP contribution is 2.17. The molecule has 3 rings (SSSR count). The van der Waals surface area contributed by atoms with Crippen LogP contribution in [-0.2, 0) is 6.54 Å². The van der Waals surface area contributed by atoms with E-state index in [0.29, 0.717) is 12.1 Å². The van der Waals surface area contributed by atoms with Gasteiger partial charge >= 0.3 is 0 Å². The standard InChI is InChI=1S/C15H14BrFN4/c1-10(15-20-19-14-4-2-3-7-21(14)15)18-9-11-5-6-12(16)8-13(11)17/h2-8,10,18H,9H2,1H3. The molecule has 0 saturated carbocycles. The Labute approximate surface area is 130 Å². The smallest absolute Gasteiger partial charge is 0.160 e. The molecule has 0 aliphatic heterocycles. The first-order valence-corrected chi connectivity index (χ1v) is 7.41. The third kappa shape index (κ3) is 2.96. The first-order valence-electron chi connectivity index (χ1n) is 6.62. The van der Waals surface area contributed by atoms with Crippen molar-refractivity contribution in [1.29, 1.82) is 0 Å². The normalized spacial score (nSPS) is 12.7. The Morgan fingerprint density at radius 2 is 2.14 bits per heavy atom. The number of fused-ring (bicyclic) bond motifs is 1. The summed E-state index contributed by atoms with van der Waals surface area (Å²) in [5.74, 6) is 0.582. The fourth-order valence-corrected chi connectivity index (χ4v) is 2.51. The van der Waals surface area contributed by atoms with Crippen LogP contribution in [0.1, 0.15) is 24.4 Å². The molecule has 0 amide bonds. The number of rotatable bonds is 4. The van der Waals surface area contributed by atoms with Crippen molar-refractivity contribution in [2.75, 3.05) is 0 Å². The minimum atomic E-state index is -0.227. The highest BCUT2D eigenvalue weighted by molar-refractivity contribution is 9.10. The molecule has 21 heavy (non-hydrogen) atoms. The maximum absolute atomic E-state index is 13.8. The van der Waals surface area contributed by atoms with E-state index >= 15 is 0 Å². The molecule has 2 heterocycles. The second-order valence-corrected chi connectivity index (χ2v) is 5.74. The second-order valence-electron chi connectivity index (χ2n) is 4.83. The fourth-order valence-electron chi connectivity index (χ4n) is 2.17. The Balaban J connectivity index is 1.76. The lowest BCUT2D eigenvalue weighted by Gasteiger charge is -2.13. The average Bonchev–Trinajstić information content (AvgIpc) is 2.90. The zero-order valence-electron chi connectivity index (χ0n) is 11.4. The zero-order chi connectivity index (χ0) is 14.8. The van der Waals surface area contributed by atoms with Crippen LogP contribution in [0, 0.1) is 5.82 Å². The lowest BCUT2D eigenvalue weighted by Crippen LogP contribution is -2.21. The summed E-state index contributed by atoms with van der Waals surface area (Å²) < 4.78 is 16.5. The van der Waals surface area contributed by atoms with Crippen molar-refractivity contribution in [3.8, 4) is 0 Å². The molecule has 0 aliphatic rings. The maximum Gasteiger partial charge on any atom is 0.160 e. The number of hydrogen-bond donors (Lipinski definition) is 1. The molecule has 4 nitrogen and oxygen atoms in total. The van der Waals surface area contributed by atoms with Crippen molar-refractivity contribution >= 4 is 21.6 Å². The molecule has 6 heteroatoms. The van der Waals surface area contributed by atoms with Crippen LogP contribution in [0.15, 0.2) is 47.1 Å². The van der Waals surface area contributed by atoms with Crippen LogP contribution in [0.2, 0.25) is 0 Å². The van der Waals surface area contributed by atoms with Gasteiger partial charge in [-0.1, -0.05) is 28.1 Å². The number of aromatic nitrogens is 3. The van der Waals surface area contributed by atoms with Crippen LogP contribution in [-0.4, -0.2) is 14.6 Å². The Morgan fingerprint density at radius 1 is 1.29 bits per heavy atom. The first kappa shape index (κ1) is 14.2. The molecule has 1 N–H and O–H groups in total. The zero-order valence-corrected chi connectivity index (χ0v) is 13.0. The van der Waals surface area contributed by atoms with Gasteiger partial charge in [-0.15, -0.1) is 10.2 Å². The molecule has 1 unspecified atom stereocenters. The van der Waals surface area contributed by atoms with Crippen molar-refractivity contribution in [2.24, 2.45) is 0 Å². The number of halogens is 2. The van der Waals surface area contributed by atoms with Gasteiger partial charge in [0.15, 0.2) is 11.5 Å². The fraction of sp³-hybridized carbons (Fsp3) is 0.200. The van der Waals surface area contributed by atoms with E-state index in [1.165, 1.54) is 6.07 Å². The molecular formula is C15H14BrFN4. The molecular weight excluding hydrogens is 335 g/mol. The average molecular weight is 349 g/mol. The van der Waals surface area contributed by atoms with Crippen LogP contribution in [0.3, 0.4) is 0 Å². The van der Waals surface area contributed by atoms with Gasteiger partial charge in [-0.2, -0.15) is 0 Å². The van der Waals surface area contributed by atoms with Gasteiger partial charge in [0, 0.05) is 22.8 Å². The molecule has 0 radical (unpaired) electrons. The highest BCUT2D eigenvalue weighted by atomic mass is 79.9. The van der Waals surface area contributed by atoms with E-state index in [1.807, 2.05) is 41.8 Å². The largest absolute Gasteiger partial charge is 0.303 e. The Kier molecular flexibility index (Phi) is 3.98. The molecule has 0 fully saturated rings. The van der Waals surface area contributed by atoms with E-state index in [9.17, 15) is 4.39 Å². The molecule has 0 saturated heterocycles. The molecule has 1 atom stereocenters. The maximum atomic E-state index is 13.8. The number of nitrogens with zero attached hydrogens (tertiary/aromatic N) is 3. The third-order valence-corrected chi connectivity index (χ3v) is 3.83. The number of pyridine rings is 1. The summed E-state index contributed by atoms with van der Waals surface area (Å²) >= 11 is 3.25. The summed E-state index contributed by atoms with van der Waals surface area (Å²) in [6.45, 7) is 2.42. The summed E-state index contributed by atoms with van der Waals surface area (Å²) in [6.07, 6.45) is 1.92. The van der Waals surface area contributed by atoms with Crippen molar-refractivity contribution in [2.45, 2.75) is 19.5 Å². The number of benzene rings is 1. The van der Waals surface area contributed by atoms with E-state index < -0.39 is 0 Å². The van der Waals surface area contributed by atoms with Gasteiger partial charge in [-0.05, 0) is 31.2 Å². The first-order chi connectivity index (χ1) is 10.1. The van der Waals surface area contributed by atoms with Crippen molar-refractivity contribution in [3.05, 3.63) is 64.3 Å². The Morgan fingerprint density at radius 3 is 2.95 bits per heavy atom. The van der Waals surface area contributed by atoms with E-state index in [-0.39, 0.29) is 11.9 Å². The quantitative estimate of drug-likeness (QED) is 0.784. The Hall–Kier alpha value is -1.79. The second kappa shape index (κ2) is 5.91. The number of nitrogens with one attached hydrogen (secondary N) is 1. The van der Waals surface area contributed by atoms with Gasteiger partial charge < -0.3 is 5.32 Å². The minimum Gasteiger partial charge on any atom is -0.303 e. The summed E-state index contributed by atoms with van der Waals surface area (Å²) in [7, 11) is 0. The van der Waals surface area contributed by atoms with Crippen molar-refractivity contribution < 1.29 is 4.39 Å². The van der Waals surface area contributed by atoms with Crippen molar-refractivity contribution in [3.63, 3.8) is 0 Å². The van der Waals surface area contributed by atoms with Crippen LogP contribution >= 0.6 is 15.9 Å². The van der Waals surface area contributed by atoms with Gasteiger partial charge in [-0.25, -0.2) is 4.39 Å². The van der Waals surface area contributed by atoms with Crippen LogP contribution < -0.4 is 5.32 Å². The molecule has 0 aliphatic carbocycles. The van der Waals surface area contributed by atoms with Gasteiger partial charge in [0.1, 0.15) is 5.82 Å². The molecule has 108 valence electrons. The number of hydrogen-bond acceptors (Lipinski definition) is 3. The predicted molar refractivity (Wildman–Crippen MR) is 82.3 cm³/mol. The topological polar surface area (TPSA) is 42.2 Å². The summed E-state index contributed by atoms with van der Waals surface area (Å²) in [4.78, 5) is 0. The van der Waals surface area contributed by atoms with Gasteiger partial charge in [-0.3, -0.25) is 4.40 Å². The third-order valence-electron chi connectivity index (χ3n) is 3.34. The van der Waals surface area contributed by atoms with Gasteiger partial charge in [0.25, 0.3) is 0 Å². The van der Waals surface area contributed by atoms with E-state index in [1.54, 1.807) is 6.07 Å². The summed E-state index contributed by atoms with van der Waals surface area (Å²) in [6, 6.07) is 10.8. The van der Waals surface area contributed by atoms with Crippen molar-refractivity contribution in [1.82, 2.24) is 19.9 Å². The molecule has 0 spiro atoms. The Bertz CT molecular complexity index is 771. The summed E-state index contributed by atoms with van der Waals surface area (Å²) in [5.41, 5.74) is 1.43. The lowest BCUT2D eigenvalue weighted by molar-refractivity contribution is 0.522. The minimum absolute atomic E-state index is 0.0366. The summed E-state index contributed by atoms with van der Waals surface area (Å²) in [5, 5.41) is 11.6. The van der Waals surface area contributed by atoms with Crippen LogP contribution in [0.5, 0.6) is 0 Å². The SMILES string of the molecule is CC(NCc1ccc(Br)cc1F)c1nnc2ccccn12. The van der Waals surface area contributed by atoms with E-state index in [2.05, 4.69) is 31.4 Å².